The fourth-order valence-electron chi connectivity index (χ4n) is 1.54. The van der Waals surface area contributed by atoms with E-state index < -0.39 is 12.0 Å². The summed E-state index contributed by atoms with van der Waals surface area (Å²) < 4.78 is 0. The van der Waals surface area contributed by atoms with Gasteiger partial charge in [-0.25, -0.2) is 4.79 Å². The average Bonchev–Trinajstić information content (AvgIpc) is 2.42. The monoisotopic (exact) mass is 295 g/mol. The lowest BCUT2D eigenvalue weighted by Crippen LogP contribution is -2.41. The third-order valence-corrected chi connectivity index (χ3v) is 3.70. The molecule has 0 unspecified atom stereocenters. The molecule has 1 atom stereocenters. The van der Waals surface area contributed by atoms with Crippen molar-refractivity contribution in [3.8, 4) is 0 Å². The second-order valence-corrected chi connectivity index (χ2v) is 5.30. The summed E-state index contributed by atoms with van der Waals surface area (Å²) in [5, 5.41) is 11.4. The lowest BCUT2D eigenvalue weighted by atomic mass is 10.1. The Morgan fingerprint density at radius 2 is 1.85 bits per heavy atom. The Morgan fingerprint density at radius 1 is 1.25 bits per heavy atom. The molecule has 0 saturated carbocycles. The van der Waals surface area contributed by atoms with Crippen LogP contribution in [0.15, 0.2) is 29.2 Å². The predicted octanol–water partition coefficient (Wildman–Crippen LogP) is 1.96. The van der Waals surface area contributed by atoms with Gasteiger partial charge in [0.25, 0.3) is 0 Å². The van der Waals surface area contributed by atoms with E-state index in [1.165, 1.54) is 18.7 Å². The van der Waals surface area contributed by atoms with Gasteiger partial charge in [0.05, 0.1) is 0 Å². The number of ketones is 1. The lowest BCUT2D eigenvalue weighted by molar-refractivity contribution is -0.140. The zero-order valence-corrected chi connectivity index (χ0v) is 12.2. The topological polar surface area (TPSA) is 83.5 Å². The minimum atomic E-state index is -1.06. The van der Waals surface area contributed by atoms with Crippen molar-refractivity contribution >= 4 is 29.4 Å². The molecule has 0 aliphatic heterocycles. The summed E-state index contributed by atoms with van der Waals surface area (Å²) in [6.45, 7) is 3.08. The highest BCUT2D eigenvalue weighted by molar-refractivity contribution is 7.99. The molecule has 0 radical (unpaired) electrons. The summed E-state index contributed by atoms with van der Waals surface area (Å²) in [5.41, 5.74) is 0.647. The molecule has 108 valence electrons. The number of carboxylic acid groups (broad SMARTS) is 1. The SMILES string of the molecule is CCC(=O)c1ccc(SC[C@H](NC(C)=O)C(=O)O)cc1. The third-order valence-electron chi connectivity index (χ3n) is 2.59. The van der Waals surface area contributed by atoms with E-state index in [0.29, 0.717) is 12.0 Å². The molecule has 0 aliphatic rings. The zero-order valence-electron chi connectivity index (χ0n) is 11.4. The summed E-state index contributed by atoms with van der Waals surface area (Å²) in [6, 6.07) is 6.08. The first kappa shape index (κ1) is 16.2. The molecule has 5 nitrogen and oxygen atoms in total. The molecule has 0 aromatic heterocycles. The van der Waals surface area contributed by atoms with Crippen molar-refractivity contribution < 1.29 is 19.5 Å². The maximum absolute atomic E-state index is 11.5. The first-order valence-corrected chi connectivity index (χ1v) is 7.18. The van der Waals surface area contributed by atoms with Crippen LogP contribution in [0.1, 0.15) is 30.6 Å². The van der Waals surface area contributed by atoms with Gasteiger partial charge in [-0.1, -0.05) is 19.1 Å². The van der Waals surface area contributed by atoms with Crippen molar-refractivity contribution in [2.45, 2.75) is 31.2 Å². The Morgan fingerprint density at radius 3 is 2.30 bits per heavy atom. The minimum absolute atomic E-state index is 0.0724. The van der Waals surface area contributed by atoms with E-state index in [1.807, 2.05) is 0 Å². The highest BCUT2D eigenvalue weighted by atomic mass is 32.2. The Hall–Kier alpha value is -1.82. The van der Waals surface area contributed by atoms with Crippen LogP contribution in [0.5, 0.6) is 0 Å². The average molecular weight is 295 g/mol. The number of benzene rings is 1. The van der Waals surface area contributed by atoms with Gasteiger partial charge in [-0.2, -0.15) is 0 Å². The molecule has 1 amide bonds. The van der Waals surface area contributed by atoms with E-state index in [4.69, 9.17) is 5.11 Å². The van der Waals surface area contributed by atoms with Gasteiger partial charge >= 0.3 is 5.97 Å². The van der Waals surface area contributed by atoms with Crippen molar-refractivity contribution in [2.24, 2.45) is 0 Å². The number of hydrogen-bond donors (Lipinski definition) is 2. The van der Waals surface area contributed by atoms with E-state index in [2.05, 4.69) is 5.32 Å². The van der Waals surface area contributed by atoms with Gasteiger partial charge in [0.1, 0.15) is 6.04 Å². The molecule has 1 aromatic carbocycles. The summed E-state index contributed by atoms with van der Waals surface area (Å²) in [5.74, 6) is -1.13. The molecule has 20 heavy (non-hydrogen) atoms. The largest absolute Gasteiger partial charge is 0.480 e. The Bertz CT molecular complexity index is 498. The van der Waals surface area contributed by atoms with Crippen LogP contribution in [0, 0.1) is 0 Å². The van der Waals surface area contributed by atoms with E-state index >= 15 is 0 Å². The number of nitrogens with one attached hydrogen (secondary N) is 1. The molecule has 0 heterocycles. The number of aliphatic carboxylic acids is 1. The second kappa shape index (κ2) is 7.69. The fraction of sp³-hybridized carbons (Fsp3) is 0.357. The number of carbonyl (C=O) groups excluding carboxylic acids is 2. The Balaban J connectivity index is 2.62. The molecule has 0 spiro atoms. The molecular weight excluding hydrogens is 278 g/mol. The second-order valence-electron chi connectivity index (χ2n) is 4.20. The number of thioether (sulfide) groups is 1. The summed E-state index contributed by atoms with van der Waals surface area (Å²) in [6.07, 6.45) is 0.454. The van der Waals surface area contributed by atoms with Crippen LogP contribution in [0.25, 0.3) is 0 Å². The number of carbonyl (C=O) groups is 3. The van der Waals surface area contributed by atoms with Crippen molar-refractivity contribution in [1.29, 1.82) is 0 Å². The summed E-state index contributed by atoms with van der Waals surface area (Å²) in [4.78, 5) is 34.2. The van der Waals surface area contributed by atoms with Crippen molar-refractivity contribution in [1.82, 2.24) is 5.32 Å². The Kier molecular flexibility index (Phi) is 6.24. The van der Waals surface area contributed by atoms with E-state index in [0.717, 1.165) is 4.90 Å². The molecule has 6 heteroatoms. The number of rotatable bonds is 7. The van der Waals surface area contributed by atoms with Gasteiger partial charge in [-0.05, 0) is 12.1 Å². The van der Waals surface area contributed by atoms with Crippen LogP contribution >= 0.6 is 11.8 Å². The molecule has 0 aliphatic carbocycles. The van der Waals surface area contributed by atoms with Crippen LogP contribution in [-0.2, 0) is 9.59 Å². The molecule has 1 aromatic rings. The molecule has 1 rings (SSSR count). The molecule has 0 bridgehead atoms. The maximum atomic E-state index is 11.5. The van der Waals surface area contributed by atoms with Gasteiger partial charge in [0, 0.05) is 29.6 Å². The standard InChI is InChI=1S/C14H17NO4S/c1-3-13(17)10-4-6-11(7-5-10)20-8-12(14(18)19)15-9(2)16/h4-7,12H,3,8H2,1-2H3,(H,15,16)(H,18,19)/t12-/m0/s1. The minimum Gasteiger partial charge on any atom is -0.480 e. The van der Waals surface area contributed by atoms with Crippen LogP contribution in [-0.4, -0.2) is 34.6 Å². The smallest absolute Gasteiger partial charge is 0.327 e. The van der Waals surface area contributed by atoms with E-state index in [9.17, 15) is 14.4 Å². The number of amides is 1. The van der Waals surface area contributed by atoms with Crippen molar-refractivity contribution in [2.75, 3.05) is 5.75 Å². The van der Waals surface area contributed by atoms with Crippen LogP contribution in [0.4, 0.5) is 0 Å². The summed E-state index contributed by atoms with van der Waals surface area (Å²) in [7, 11) is 0. The van der Waals surface area contributed by atoms with Crippen molar-refractivity contribution in [3.63, 3.8) is 0 Å². The molecular formula is C14H17NO4S. The molecule has 2 N–H and O–H groups in total. The number of carboxylic acids is 1. The third kappa shape index (κ3) is 5.05. The number of Topliss-reactive ketones (excluding diaryl/α,β-unsaturated/α-hetero) is 1. The lowest BCUT2D eigenvalue weighted by Gasteiger charge is -2.12. The highest BCUT2D eigenvalue weighted by Gasteiger charge is 2.18. The van der Waals surface area contributed by atoms with Gasteiger partial charge in [0.15, 0.2) is 5.78 Å². The van der Waals surface area contributed by atoms with Gasteiger partial charge in [-0.3, -0.25) is 9.59 Å². The molecule has 0 fully saturated rings. The van der Waals surface area contributed by atoms with Crippen LogP contribution < -0.4 is 5.32 Å². The quantitative estimate of drug-likeness (QED) is 0.593. The van der Waals surface area contributed by atoms with E-state index in [-0.39, 0.29) is 17.4 Å². The van der Waals surface area contributed by atoms with Crippen LogP contribution in [0.2, 0.25) is 0 Å². The van der Waals surface area contributed by atoms with Crippen LogP contribution in [0.3, 0.4) is 0 Å². The predicted molar refractivity (Wildman–Crippen MR) is 77.0 cm³/mol. The highest BCUT2D eigenvalue weighted by Crippen LogP contribution is 2.20. The Labute approximate surface area is 121 Å². The molecule has 0 saturated heterocycles. The first-order valence-electron chi connectivity index (χ1n) is 6.20. The van der Waals surface area contributed by atoms with Crippen molar-refractivity contribution in [3.05, 3.63) is 29.8 Å². The fourth-order valence-corrected chi connectivity index (χ4v) is 2.45. The van der Waals surface area contributed by atoms with Gasteiger partial charge in [-0.15, -0.1) is 11.8 Å². The normalized spacial score (nSPS) is 11.7. The van der Waals surface area contributed by atoms with E-state index in [1.54, 1.807) is 31.2 Å². The zero-order chi connectivity index (χ0) is 15.1. The van der Waals surface area contributed by atoms with Gasteiger partial charge in [0.2, 0.25) is 5.91 Å². The number of hydrogen-bond acceptors (Lipinski definition) is 4. The first-order chi connectivity index (χ1) is 9.43. The maximum Gasteiger partial charge on any atom is 0.327 e. The summed E-state index contributed by atoms with van der Waals surface area (Å²) >= 11 is 1.32. The van der Waals surface area contributed by atoms with Gasteiger partial charge < -0.3 is 10.4 Å².